The number of tetrazole rings is 1. The highest BCUT2D eigenvalue weighted by atomic mass is 32.2. The molecular formula is C10H16N4O2S. The van der Waals surface area contributed by atoms with Gasteiger partial charge in [0.15, 0.2) is 0 Å². The molecule has 1 unspecified atom stereocenters. The maximum Gasteiger partial charge on any atom is 0.307 e. The van der Waals surface area contributed by atoms with Crippen LogP contribution in [0.4, 0.5) is 0 Å². The van der Waals surface area contributed by atoms with Crippen molar-refractivity contribution >= 4 is 17.7 Å². The second kappa shape index (κ2) is 5.48. The Labute approximate surface area is 104 Å². The summed E-state index contributed by atoms with van der Waals surface area (Å²) in [5.74, 6) is -0.659. The van der Waals surface area contributed by atoms with Crippen molar-refractivity contribution in [3.05, 3.63) is 0 Å². The van der Waals surface area contributed by atoms with Crippen LogP contribution in [0.2, 0.25) is 0 Å². The van der Waals surface area contributed by atoms with Gasteiger partial charge in [0, 0.05) is 5.75 Å². The molecule has 0 amide bonds. The molecule has 0 saturated heterocycles. The summed E-state index contributed by atoms with van der Waals surface area (Å²) in [6.07, 6.45) is 4.68. The maximum absolute atomic E-state index is 10.7. The lowest BCUT2D eigenvalue weighted by Crippen LogP contribution is -2.13. The number of nitrogens with zero attached hydrogens (tertiary/aromatic N) is 4. The largest absolute Gasteiger partial charge is 0.481 e. The van der Waals surface area contributed by atoms with E-state index in [1.165, 1.54) is 24.6 Å². The number of carbonyl (C=O) groups is 1. The topological polar surface area (TPSA) is 80.9 Å². The quantitative estimate of drug-likeness (QED) is 0.806. The Morgan fingerprint density at radius 2 is 2.29 bits per heavy atom. The molecule has 7 heteroatoms. The molecule has 2 rings (SSSR count). The minimum Gasteiger partial charge on any atom is -0.481 e. The number of carboxylic acid groups (broad SMARTS) is 1. The Hall–Kier alpha value is -1.11. The van der Waals surface area contributed by atoms with Crippen molar-refractivity contribution in [3.63, 3.8) is 0 Å². The Morgan fingerprint density at radius 1 is 1.59 bits per heavy atom. The molecule has 1 saturated carbocycles. The van der Waals surface area contributed by atoms with Gasteiger partial charge in [-0.25, -0.2) is 4.68 Å². The fourth-order valence-electron chi connectivity index (χ4n) is 1.93. The van der Waals surface area contributed by atoms with Crippen LogP contribution in [-0.4, -0.2) is 37.0 Å². The van der Waals surface area contributed by atoms with E-state index in [2.05, 4.69) is 15.5 Å². The molecule has 1 N–H and O–H groups in total. The zero-order chi connectivity index (χ0) is 12.3. The highest BCUT2D eigenvalue weighted by Gasteiger charge is 2.22. The van der Waals surface area contributed by atoms with E-state index < -0.39 is 5.97 Å². The zero-order valence-corrected chi connectivity index (χ0v) is 10.6. The molecule has 1 aliphatic carbocycles. The van der Waals surface area contributed by atoms with Gasteiger partial charge >= 0.3 is 5.97 Å². The molecule has 0 aromatic carbocycles. The molecule has 6 nitrogen and oxygen atoms in total. The number of hydrogen-bond donors (Lipinski definition) is 1. The summed E-state index contributed by atoms with van der Waals surface area (Å²) in [5.41, 5.74) is 0. The summed E-state index contributed by atoms with van der Waals surface area (Å²) in [6, 6.07) is 0.396. The third-order valence-corrected chi connectivity index (χ3v) is 4.21. The van der Waals surface area contributed by atoms with Crippen LogP contribution in [-0.2, 0) is 4.79 Å². The summed E-state index contributed by atoms with van der Waals surface area (Å²) < 4.78 is 1.85. The minimum atomic E-state index is -0.780. The monoisotopic (exact) mass is 256 g/mol. The summed E-state index contributed by atoms with van der Waals surface area (Å²) in [4.78, 5) is 10.7. The predicted molar refractivity (Wildman–Crippen MR) is 62.8 cm³/mol. The first-order valence-corrected chi connectivity index (χ1v) is 6.80. The molecule has 0 spiro atoms. The molecule has 1 heterocycles. The summed E-state index contributed by atoms with van der Waals surface area (Å²) in [7, 11) is 0. The molecule has 1 aliphatic rings. The molecule has 1 aromatic rings. The van der Waals surface area contributed by atoms with Crippen molar-refractivity contribution in [1.82, 2.24) is 20.2 Å². The number of rotatable bonds is 5. The van der Waals surface area contributed by atoms with Gasteiger partial charge in [-0.15, -0.1) is 5.10 Å². The predicted octanol–water partition coefficient (Wildman–Crippen LogP) is 1.60. The average Bonchev–Trinajstić information content (AvgIpc) is 2.95. The van der Waals surface area contributed by atoms with Gasteiger partial charge in [0.1, 0.15) is 0 Å². The third kappa shape index (κ3) is 2.96. The Kier molecular flexibility index (Phi) is 3.98. The standard InChI is InChI=1S/C10H16N4O2S/c1-7(9(15)16)6-17-10-11-12-13-14(10)8-4-2-3-5-8/h7-8H,2-6H2,1H3,(H,15,16). The van der Waals surface area contributed by atoms with Crippen molar-refractivity contribution in [2.24, 2.45) is 5.92 Å². The molecule has 1 aromatic heterocycles. The van der Waals surface area contributed by atoms with Gasteiger partial charge in [-0.3, -0.25) is 4.79 Å². The molecule has 1 atom stereocenters. The molecular weight excluding hydrogens is 240 g/mol. The lowest BCUT2D eigenvalue weighted by molar-refractivity contribution is -0.140. The SMILES string of the molecule is CC(CSc1nnnn1C1CCCC1)C(=O)O. The van der Waals surface area contributed by atoms with E-state index in [-0.39, 0.29) is 5.92 Å². The molecule has 94 valence electrons. The van der Waals surface area contributed by atoms with Gasteiger partial charge in [-0.1, -0.05) is 31.5 Å². The minimum absolute atomic E-state index is 0.381. The van der Waals surface area contributed by atoms with Crippen LogP contribution in [0.3, 0.4) is 0 Å². The molecule has 0 bridgehead atoms. The van der Waals surface area contributed by atoms with Crippen molar-refractivity contribution < 1.29 is 9.90 Å². The second-order valence-corrected chi connectivity index (χ2v) is 5.38. The van der Waals surface area contributed by atoms with Gasteiger partial charge in [-0.2, -0.15) is 0 Å². The second-order valence-electron chi connectivity index (χ2n) is 4.39. The summed E-state index contributed by atoms with van der Waals surface area (Å²) >= 11 is 1.42. The molecule has 1 fully saturated rings. The van der Waals surface area contributed by atoms with Crippen LogP contribution in [0, 0.1) is 5.92 Å². The van der Waals surface area contributed by atoms with Crippen LogP contribution < -0.4 is 0 Å². The molecule has 17 heavy (non-hydrogen) atoms. The van der Waals surface area contributed by atoms with Gasteiger partial charge in [0.05, 0.1) is 12.0 Å². The fraction of sp³-hybridized carbons (Fsp3) is 0.800. The Bertz CT molecular complexity index is 389. The van der Waals surface area contributed by atoms with Gasteiger partial charge < -0.3 is 5.11 Å². The van der Waals surface area contributed by atoms with Crippen LogP contribution in [0.25, 0.3) is 0 Å². The first-order chi connectivity index (χ1) is 8.18. The smallest absolute Gasteiger partial charge is 0.307 e. The molecule has 0 radical (unpaired) electrons. The highest BCUT2D eigenvalue weighted by Crippen LogP contribution is 2.31. The van der Waals surface area contributed by atoms with Crippen molar-refractivity contribution in [3.8, 4) is 0 Å². The van der Waals surface area contributed by atoms with E-state index in [0.29, 0.717) is 11.8 Å². The van der Waals surface area contributed by atoms with Crippen molar-refractivity contribution in [1.29, 1.82) is 0 Å². The van der Waals surface area contributed by atoms with Crippen LogP contribution >= 0.6 is 11.8 Å². The van der Waals surface area contributed by atoms with Crippen LogP contribution in [0.15, 0.2) is 5.16 Å². The lowest BCUT2D eigenvalue weighted by Gasteiger charge is -2.11. The number of hydrogen-bond acceptors (Lipinski definition) is 5. The van der Waals surface area contributed by atoms with Crippen LogP contribution in [0.5, 0.6) is 0 Å². The Balaban J connectivity index is 1.96. The average molecular weight is 256 g/mol. The fourth-order valence-corrected chi connectivity index (χ4v) is 2.88. The summed E-state index contributed by atoms with van der Waals surface area (Å²) in [6.45, 7) is 1.69. The van der Waals surface area contributed by atoms with E-state index in [0.717, 1.165) is 18.0 Å². The highest BCUT2D eigenvalue weighted by molar-refractivity contribution is 7.99. The van der Waals surface area contributed by atoms with E-state index >= 15 is 0 Å². The van der Waals surface area contributed by atoms with Gasteiger partial charge in [0.25, 0.3) is 0 Å². The number of aliphatic carboxylic acids is 1. The van der Waals surface area contributed by atoms with Crippen LogP contribution in [0.1, 0.15) is 38.6 Å². The number of thioether (sulfide) groups is 1. The van der Waals surface area contributed by atoms with Gasteiger partial charge in [-0.05, 0) is 23.3 Å². The van der Waals surface area contributed by atoms with Crippen molar-refractivity contribution in [2.75, 3.05) is 5.75 Å². The van der Waals surface area contributed by atoms with E-state index in [4.69, 9.17) is 5.11 Å². The van der Waals surface area contributed by atoms with E-state index in [1.807, 2.05) is 4.68 Å². The van der Waals surface area contributed by atoms with E-state index in [1.54, 1.807) is 6.92 Å². The first kappa shape index (κ1) is 12.3. The summed E-state index contributed by atoms with van der Waals surface area (Å²) in [5, 5.41) is 21.2. The maximum atomic E-state index is 10.7. The molecule has 0 aliphatic heterocycles. The number of carboxylic acids is 1. The first-order valence-electron chi connectivity index (χ1n) is 5.82. The normalized spacial score (nSPS) is 18.4. The lowest BCUT2D eigenvalue weighted by atomic mass is 10.2. The number of aromatic nitrogens is 4. The zero-order valence-electron chi connectivity index (χ0n) is 9.74. The third-order valence-electron chi connectivity index (χ3n) is 3.02. The van der Waals surface area contributed by atoms with E-state index in [9.17, 15) is 4.79 Å². The Morgan fingerprint density at radius 3 is 2.94 bits per heavy atom. The van der Waals surface area contributed by atoms with Crippen molar-refractivity contribution in [2.45, 2.75) is 43.8 Å². The van der Waals surface area contributed by atoms with Gasteiger partial charge in [0.2, 0.25) is 5.16 Å².